The second kappa shape index (κ2) is 8.78. The van der Waals surface area contributed by atoms with E-state index in [2.05, 4.69) is 4.98 Å². The summed E-state index contributed by atoms with van der Waals surface area (Å²) in [6.07, 6.45) is 5.17. The van der Waals surface area contributed by atoms with E-state index in [1.54, 1.807) is 18.0 Å². The Hall–Kier alpha value is -1.74. The Labute approximate surface area is 182 Å². The van der Waals surface area contributed by atoms with Crippen molar-refractivity contribution in [1.29, 1.82) is 0 Å². The number of fused-ring (bicyclic) bond motifs is 1. The first kappa shape index (κ1) is 21.5. The highest BCUT2D eigenvalue weighted by atomic mass is 35.5. The topological polar surface area (TPSA) is 73.8 Å². The van der Waals surface area contributed by atoms with Gasteiger partial charge in [0.15, 0.2) is 0 Å². The van der Waals surface area contributed by atoms with Gasteiger partial charge in [0.05, 0.1) is 0 Å². The Morgan fingerprint density at radius 2 is 1.77 bits per heavy atom. The molecule has 1 aromatic heterocycles. The van der Waals surface area contributed by atoms with E-state index in [4.69, 9.17) is 11.6 Å². The van der Waals surface area contributed by atoms with Crippen molar-refractivity contribution < 1.29 is 13.2 Å². The Morgan fingerprint density at radius 3 is 2.47 bits per heavy atom. The summed E-state index contributed by atoms with van der Waals surface area (Å²) in [5, 5.41) is 1.96. The van der Waals surface area contributed by atoms with Crippen LogP contribution in [-0.4, -0.2) is 72.1 Å². The lowest BCUT2D eigenvalue weighted by Crippen LogP contribution is -2.55. The highest BCUT2D eigenvalue weighted by Gasteiger charge is 2.35. The minimum atomic E-state index is -3.52. The van der Waals surface area contributed by atoms with Crippen molar-refractivity contribution in [3.05, 3.63) is 41.2 Å². The molecule has 1 aromatic carbocycles. The molecular formula is C21H27ClN4O3S. The van der Waals surface area contributed by atoms with Gasteiger partial charge < -0.3 is 4.90 Å². The van der Waals surface area contributed by atoms with E-state index < -0.39 is 10.2 Å². The third-order valence-electron chi connectivity index (χ3n) is 6.22. The molecule has 0 bridgehead atoms. The fourth-order valence-corrected chi connectivity index (χ4v) is 6.20. The summed E-state index contributed by atoms with van der Waals surface area (Å²) in [6, 6.07) is 9.34. The normalized spacial score (nSPS) is 19.5. The molecule has 0 unspecified atom stereocenters. The van der Waals surface area contributed by atoms with Crippen LogP contribution in [0.1, 0.15) is 42.6 Å². The van der Waals surface area contributed by atoms with Gasteiger partial charge in [-0.25, -0.2) is 4.98 Å². The van der Waals surface area contributed by atoms with Crippen molar-refractivity contribution in [2.75, 3.05) is 33.2 Å². The number of amides is 1. The van der Waals surface area contributed by atoms with E-state index in [9.17, 15) is 13.2 Å². The van der Waals surface area contributed by atoms with Crippen LogP contribution >= 0.6 is 11.6 Å². The van der Waals surface area contributed by atoms with Gasteiger partial charge in [-0.2, -0.15) is 17.0 Å². The van der Waals surface area contributed by atoms with E-state index in [1.165, 1.54) is 15.0 Å². The maximum absolute atomic E-state index is 13.0. The average Bonchev–Trinajstić information content (AvgIpc) is 2.78. The molecule has 1 saturated heterocycles. The van der Waals surface area contributed by atoms with E-state index in [1.807, 2.05) is 24.3 Å². The van der Waals surface area contributed by atoms with Crippen LogP contribution in [0.4, 0.5) is 0 Å². The van der Waals surface area contributed by atoms with Crippen molar-refractivity contribution in [3.63, 3.8) is 0 Å². The molecule has 0 spiro atoms. The fraction of sp³-hybridized carbons (Fsp3) is 0.524. The third-order valence-corrected chi connectivity index (χ3v) is 8.55. The molecule has 7 nitrogen and oxygen atoms in total. The van der Waals surface area contributed by atoms with Crippen LogP contribution in [0.15, 0.2) is 30.3 Å². The molecule has 1 amide bonds. The molecule has 2 heterocycles. The van der Waals surface area contributed by atoms with E-state index in [0.717, 1.165) is 36.5 Å². The van der Waals surface area contributed by atoms with E-state index in [0.29, 0.717) is 18.2 Å². The number of carbonyl (C=O) groups excluding carboxylic acids is 1. The molecular weight excluding hydrogens is 424 g/mol. The van der Waals surface area contributed by atoms with Crippen LogP contribution in [0.3, 0.4) is 0 Å². The van der Waals surface area contributed by atoms with Gasteiger partial charge >= 0.3 is 0 Å². The maximum Gasteiger partial charge on any atom is 0.282 e. The molecule has 1 aliphatic carbocycles. The molecule has 162 valence electrons. The Bertz CT molecular complexity index is 1030. The number of pyridine rings is 1. The number of nitrogens with zero attached hydrogens (tertiary/aromatic N) is 4. The zero-order valence-corrected chi connectivity index (χ0v) is 18.7. The van der Waals surface area contributed by atoms with Crippen LogP contribution in [0.2, 0.25) is 5.15 Å². The zero-order chi connectivity index (χ0) is 21.3. The highest BCUT2D eigenvalue weighted by molar-refractivity contribution is 7.86. The zero-order valence-electron chi connectivity index (χ0n) is 17.1. The average molecular weight is 451 g/mol. The summed E-state index contributed by atoms with van der Waals surface area (Å²) < 4.78 is 29.1. The van der Waals surface area contributed by atoms with Gasteiger partial charge in [-0.05, 0) is 24.3 Å². The van der Waals surface area contributed by atoms with Gasteiger partial charge in [0.2, 0.25) is 0 Å². The standard InChI is InChI=1S/C21H27ClN4O3S/c1-24(17-8-3-2-4-9-17)30(28,29)26-13-11-25(12-14-26)21(27)19-15-16-7-5-6-10-18(16)20(22)23-19/h5-7,10,15,17H,2-4,8-9,11-14H2,1H3. The highest BCUT2D eigenvalue weighted by Crippen LogP contribution is 2.26. The van der Waals surface area contributed by atoms with Gasteiger partial charge in [0.1, 0.15) is 10.8 Å². The molecule has 4 rings (SSSR count). The minimum Gasteiger partial charge on any atom is -0.335 e. The molecule has 0 N–H and O–H groups in total. The lowest BCUT2D eigenvalue weighted by atomic mass is 9.96. The number of piperazine rings is 1. The number of rotatable bonds is 4. The predicted molar refractivity (Wildman–Crippen MR) is 118 cm³/mol. The smallest absolute Gasteiger partial charge is 0.282 e. The summed E-state index contributed by atoms with van der Waals surface area (Å²) in [6.45, 7) is 1.24. The van der Waals surface area contributed by atoms with Crippen LogP contribution in [0.5, 0.6) is 0 Å². The first-order chi connectivity index (χ1) is 14.4. The van der Waals surface area contributed by atoms with E-state index in [-0.39, 0.29) is 30.7 Å². The van der Waals surface area contributed by atoms with Crippen LogP contribution in [0.25, 0.3) is 10.8 Å². The van der Waals surface area contributed by atoms with Gasteiger partial charge in [0.25, 0.3) is 16.1 Å². The molecule has 1 saturated carbocycles. The quantitative estimate of drug-likeness (QED) is 0.670. The number of benzene rings is 1. The second-order valence-electron chi connectivity index (χ2n) is 8.03. The number of aromatic nitrogens is 1. The van der Waals surface area contributed by atoms with Crippen LogP contribution in [-0.2, 0) is 10.2 Å². The molecule has 9 heteroatoms. The predicted octanol–water partition coefficient (Wildman–Crippen LogP) is 3.16. The SMILES string of the molecule is CN(C1CCCCC1)S(=O)(=O)N1CCN(C(=O)c2cc3ccccc3c(Cl)n2)CC1. The number of hydrogen-bond donors (Lipinski definition) is 0. The van der Waals surface area contributed by atoms with Gasteiger partial charge in [-0.1, -0.05) is 55.1 Å². The molecule has 2 aliphatic rings. The van der Waals surface area contributed by atoms with Crippen LogP contribution < -0.4 is 0 Å². The van der Waals surface area contributed by atoms with Crippen LogP contribution in [0, 0.1) is 0 Å². The molecule has 0 atom stereocenters. The molecule has 30 heavy (non-hydrogen) atoms. The monoisotopic (exact) mass is 450 g/mol. The summed E-state index contributed by atoms with van der Waals surface area (Å²) in [5.41, 5.74) is 0.286. The van der Waals surface area contributed by atoms with Crippen molar-refractivity contribution in [3.8, 4) is 0 Å². The van der Waals surface area contributed by atoms with Crippen molar-refractivity contribution >= 4 is 38.5 Å². The molecule has 2 fully saturated rings. The van der Waals surface area contributed by atoms with Gasteiger partial charge in [0, 0.05) is 44.7 Å². The third kappa shape index (κ3) is 4.19. The fourth-order valence-electron chi connectivity index (χ4n) is 4.36. The Kier molecular flexibility index (Phi) is 6.29. The maximum atomic E-state index is 13.0. The van der Waals surface area contributed by atoms with Crippen molar-refractivity contribution in [1.82, 2.24) is 18.5 Å². The second-order valence-corrected chi connectivity index (χ2v) is 10.4. The van der Waals surface area contributed by atoms with Gasteiger partial charge in [-0.15, -0.1) is 0 Å². The largest absolute Gasteiger partial charge is 0.335 e. The van der Waals surface area contributed by atoms with Crippen molar-refractivity contribution in [2.45, 2.75) is 38.1 Å². The number of carbonyl (C=O) groups is 1. The minimum absolute atomic E-state index is 0.0763. The molecule has 2 aromatic rings. The van der Waals surface area contributed by atoms with Gasteiger partial charge in [-0.3, -0.25) is 4.79 Å². The lowest BCUT2D eigenvalue weighted by Gasteiger charge is -2.38. The molecule has 0 radical (unpaired) electrons. The Morgan fingerprint density at radius 1 is 1.10 bits per heavy atom. The first-order valence-electron chi connectivity index (χ1n) is 10.5. The van der Waals surface area contributed by atoms with E-state index >= 15 is 0 Å². The van der Waals surface area contributed by atoms with Crippen molar-refractivity contribution in [2.24, 2.45) is 0 Å². The molecule has 1 aliphatic heterocycles. The summed E-state index contributed by atoms with van der Waals surface area (Å²) >= 11 is 6.26. The first-order valence-corrected chi connectivity index (χ1v) is 12.2. The summed E-state index contributed by atoms with van der Waals surface area (Å²) in [7, 11) is -1.83. The number of halogens is 1. The summed E-state index contributed by atoms with van der Waals surface area (Å²) in [5.74, 6) is -0.222. The lowest BCUT2D eigenvalue weighted by molar-refractivity contribution is 0.0687. The summed E-state index contributed by atoms with van der Waals surface area (Å²) in [4.78, 5) is 18.9. The number of hydrogen-bond acceptors (Lipinski definition) is 4. The Balaban J connectivity index is 1.43.